The van der Waals surface area contributed by atoms with Crippen LogP contribution >= 0.6 is 0 Å². The molecule has 2 rings (SSSR count). The summed E-state index contributed by atoms with van der Waals surface area (Å²) < 4.78 is 4.54. The minimum absolute atomic E-state index is 0.0592. The summed E-state index contributed by atoms with van der Waals surface area (Å²) in [6.45, 7) is 1.17. The lowest BCUT2D eigenvalue weighted by molar-refractivity contribution is 0.0697. The second-order valence-corrected chi connectivity index (χ2v) is 4.25. The van der Waals surface area contributed by atoms with Crippen molar-refractivity contribution in [3.05, 3.63) is 23.9 Å². The molecule has 7 nitrogen and oxygen atoms in total. The number of hydrogen-bond donors (Lipinski definition) is 2. The van der Waals surface area contributed by atoms with Gasteiger partial charge in [0.2, 0.25) is 0 Å². The third kappa shape index (κ3) is 2.93. The van der Waals surface area contributed by atoms with Crippen molar-refractivity contribution in [2.45, 2.75) is 12.5 Å². The summed E-state index contributed by atoms with van der Waals surface area (Å²) in [4.78, 5) is 28.2. The number of nitrogens with one attached hydrogen (secondary N) is 1. The van der Waals surface area contributed by atoms with Gasteiger partial charge in [-0.2, -0.15) is 0 Å². The van der Waals surface area contributed by atoms with Gasteiger partial charge in [0.25, 0.3) is 0 Å². The molecule has 1 aliphatic heterocycles. The van der Waals surface area contributed by atoms with Crippen LogP contribution in [0.3, 0.4) is 0 Å². The van der Waals surface area contributed by atoms with E-state index in [0.29, 0.717) is 18.9 Å². The number of carbonyl (C=O) groups is 2. The Labute approximate surface area is 110 Å². The summed E-state index contributed by atoms with van der Waals surface area (Å²) in [5.74, 6) is -0.573. The van der Waals surface area contributed by atoms with Gasteiger partial charge in [0.1, 0.15) is 11.4 Å². The fraction of sp³-hybridized carbons (Fsp3) is 0.417. The fourth-order valence-corrected chi connectivity index (χ4v) is 2.11. The minimum atomic E-state index is -1.01. The first kappa shape index (κ1) is 13.1. The third-order valence-electron chi connectivity index (χ3n) is 3.01. The van der Waals surface area contributed by atoms with Crippen molar-refractivity contribution in [2.24, 2.45) is 0 Å². The molecule has 2 heterocycles. The zero-order chi connectivity index (χ0) is 13.8. The van der Waals surface area contributed by atoms with E-state index in [2.05, 4.69) is 15.0 Å². The van der Waals surface area contributed by atoms with Gasteiger partial charge >= 0.3 is 12.1 Å². The Morgan fingerprint density at radius 1 is 1.58 bits per heavy atom. The van der Waals surface area contributed by atoms with Gasteiger partial charge in [0.15, 0.2) is 0 Å². The molecular weight excluding hydrogens is 250 g/mol. The maximum absolute atomic E-state index is 11.1. The van der Waals surface area contributed by atoms with Crippen molar-refractivity contribution in [1.29, 1.82) is 0 Å². The number of pyridine rings is 1. The number of alkyl carbamates (subject to hydrolysis) is 1. The van der Waals surface area contributed by atoms with Crippen LogP contribution in [0.15, 0.2) is 18.3 Å². The number of carbonyl (C=O) groups excluding carboxylic acids is 1. The second-order valence-electron chi connectivity index (χ2n) is 4.25. The number of carboxylic acids is 1. The Kier molecular flexibility index (Phi) is 3.84. The van der Waals surface area contributed by atoms with Crippen LogP contribution in [0.4, 0.5) is 10.6 Å². The monoisotopic (exact) mass is 265 g/mol. The Morgan fingerprint density at radius 2 is 2.37 bits per heavy atom. The number of nitrogens with zero attached hydrogens (tertiary/aromatic N) is 2. The first-order valence-electron chi connectivity index (χ1n) is 5.89. The van der Waals surface area contributed by atoms with Crippen LogP contribution in [0.25, 0.3) is 0 Å². The van der Waals surface area contributed by atoms with Gasteiger partial charge in [0, 0.05) is 19.3 Å². The number of carboxylic acid groups (broad SMARTS) is 1. The Hall–Kier alpha value is -2.31. The summed E-state index contributed by atoms with van der Waals surface area (Å²) in [5.41, 5.74) is 0.168. The topological polar surface area (TPSA) is 91.8 Å². The van der Waals surface area contributed by atoms with Crippen LogP contribution in [-0.2, 0) is 4.74 Å². The highest BCUT2D eigenvalue weighted by Crippen LogP contribution is 2.22. The summed E-state index contributed by atoms with van der Waals surface area (Å²) >= 11 is 0. The maximum atomic E-state index is 11.1. The normalized spacial score (nSPS) is 18.2. The number of aromatic carboxylic acids is 1. The number of amides is 1. The van der Waals surface area contributed by atoms with E-state index < -0.39 is 12.1 Å². The van der Waals surface area contributed by atoms with E-state index in [1.54, 1.807) is 12.3 Å². The molecule has 0 spiro atoms. The predicted octanol–water partition coefficient (Wildman–Crippen LogP) is 0.714. The summed E-state index contributed by atoms with van der Waals surface area (Å²) in [5, 5.41) is 11.8. The molecule has 1 amide bonds. The van der Waals surface area contributed by atoms with E-state index in [0.717, 1.165) is 6.42 Å². The highest BCUT2D eigenvalue weighted by molar-refractivity contribution is 5.93. The summed E-state index contributed by atoms with van der Waals surface area (Å²) in [6.07, 6.45) is 1.81. The average Bonchev–Trinajstić information content (AvgIpc) is 2.86. The molecule has 0 saturated carbocycles. The molecule has 19 heavy (non-hydrogen) atoms. The standard InChI is InChI=1S/C12H15N3O4/c1-19-12(18)14-8-4-6-15(7-8)10-9(11(16)17)3-2-5-13-10/h2-3,5,8H,4,6-7H2,1H3,(H,14,18)(H,16,17). The van der Waals surface area contributed by atoms with Gasteiger partial charge in [-0.15, -0.1) is 0 Å². The Balaban J connectivity index is 2.09. The molecule has 1 aromatic rings. The van der Waals surface area contributed by atoms with Crippen LogP contribution < -0.4 is 10.2 Å². The number of rotatable bonds is 3. The molecule has 1 unspecified atom stereocenters. The zero-order valence-corrected chi connectivity index (χ0v) is 10.5. The number of methoxy groups -OCH3 is 1. The number of ether oxygens (including phenoxy) is 1. The first-order chi connectivity index (χ1) is 9.11. The zero-order valence-electron chi connectivity index (χ0n) is 10.5. The molecule has 2 N–H and O–H groups in total. The molecule has 1 aliphatic rings. The van der Waals surface area contributed by atoms with E-state index in [1.807, 2.05) is 4.90 Å². The SMILES string of the molecule is COC(=O)NC1CCN(c2ncccc2C(=O)O)C1. The van der Waals surface area contributed by atoms with Crippen molar-refractivity contribution in [1.82, 2.24) is 10.3 Å². The van der Waals surface area contributed by atoms with E-state index in [9.17, 15) is 9.59 Å². The van der Waals surface area contributed by atoms with E-state index in [-0.39, 0.29) is 11.6 Å². The lowest BCUT2D eigenvalue weighted by Gasteiger charge is -2.19. The molecule has 7 heteroatoms. The van der Waals surface area contributed by atoms with E-state index in [4.69, 9.17) is 5.11 Å². The van der Waals surface area contributed by atoms with Crippen LogP contribution in [0, 0.1) is 0 Å². The summed E-state index contributed by atoms with van der Waals surface area (Å²) in [6, 6.07) is 3.05. The molecule has 0 aliphatic carbocycles. The first-order valence-corrected chi connectivity index (χ1v) is 5.89. The summed E-state index contributed by atoms with van der Waals surface area (Å²) in [7, 11) is 1.31. The van der Waals surface area contributed by atoms with Crippen molar-refractivity contribution in [3.8, 4) is 0 Å². The smallest absolute Gasteiger partial charge is 0.407 e. The molecule has 0 aromatic carbocycles. The third-order valence-corrected chi connectivity index (χ3v) is 3.01. The van der Waals surface area contributed by atoms with Gasteiger partial charge in [-0.05, 0) is 18.6 Å². The average molecular weight is 265 g/mol. The van der Waals surface area contributed by atoms with Gasteiger partial charge in [-0.1, -0.05) is 0 Å². The van der Waals surface area contributed by atoms with Crippen molar-refractivity contribution >= 4 is 17.9 Å². The van der Waals surface area contributed by atoms with Crippen LogP contribution in [0.5, 0.6) is 0 Å². The minimum Gasteiger partial charge on any atom is -0.478 e. The molecule has 0 radical (unpaired) electrons. The largest absolute Gasteiger partial charge is 0.478 e. The Bertz CT molecular complexity index is 492. The maximum Gasteiger partial charge on any atom is 0.407 e. The van der Waals surface area contributed by atoms with Crippen LogP contribution in [0.1, 0.15) is 16.8 Å². The fourth-order valence-electron chi connectivity index (χ4n) is 2.11. The molecular formula is C12H15N3O4. The van der Waals surface area contributed by atoms with Crippen LogP contribution in [0.2, 0.25) is 0 Å². The predicted molar refractivity (Wildman–Crippen MR) is 67.4 cm³/mol. The molecule has 1 aromatic heterocycles. The highest BCUT2D eigenvalue weighted by atomic mass is 16.5. The number of aromatic nitrogens is 1. The molecule has 1 atom stereocenters. The number of anilines is 1. The highest BCUT2D eigenvalue weighted by Gasteiger charge is 2.27. The molecule has 102 valence electrons. The molecule has 1 fully saturated rings. The van der Waals surface area contributed by atoms with Gasteiger partial charge in [0.05, 0.1) is 13.2 Å². The van der Waals surface area contributed by atoms with Gasteiger partial charge in [-0.3, -0.25) is 0 Å². The van der Waals surface area contributed by atoms with Crippen molar-refractivity contribution < 1.29 is 19.4 Å². The van der Waals surface area contributed by atoms with Gasteiger partial charge < -0.3 is 20.1 Å². The molecule has 1 saturated heterocycles. The lowest BCUT2D eigenvalue weighted by atomic mass is 10.2. The quantitative estimate of drug-likeness (QED) is 0.836. The van der Waals surface area contributed by atoms with Crippen LogP contribution in [-0.4, -0.2) is 48.4 Å². The molecule has 0 bridgehead atoms. The second kappa shape index (κ2) is 5.55. The number of hydrogen-bond acceptors (Lipinski definition) is 5. The Morgan fingerprint density at radius 3 is 3.05 bits per heavy atom. The van der Waals surface area contributed by atoms with E-state index in [1.165, 1.54) is 13.2 Å². The van der Waals surface area contributed by atoms with Gasteiger partial charge in [-0.25, -0.2) is 14.6 Å². The van der Waals surface area contributed by atoms with Crippen molar-refractivity contribution in [3.63, 3.8) is 0 Å². The van der Waals surface area contributed by atoms with Crippen molar-refractivity contribution in [2.75, 3.05) is 25.1 Å². The van der Waals surface area contributed by atoms with E-state index >= 15 is 0 Å². The lowest BCUT2D eigenvalue weighted by Crippen LogP contribution is -2.37.